The molecule has 0 radical (unpaired) electrons. The minimum Gasteiger partial charge on any atom is -0.469 e. The summed E-state index contributed by atoms with van der Waals surface area (Å²) >= 11 is 1.47. The number of thiazole rings is 1. The zero-order valence-electron chi connectivity index (χ0n) is 9.49. The molecule has 0 aliphatic heterocycles. The molecular weight excluding hydrogens is 228 g/mol. The number of anilines is 1. The molecule has 0 saturated carbocycles. The van der Waals surface area contributed by atoms with Gasteiger partial charge in [0, 0.05) is 18.5 Å². The largest absolute Gasteiger partial charge is 0.469 e. The first-order valence-corrected chi connectivity index (χ1v) is 5.97. The number of hydrogen-bond acceptors (Lipinski definition) is 6. The quantitative estimate of drug-likeness (QED) is 0.579. The summed E-state index contributed by atoms with van der Waals surface area (Å²) in [7, 11) is 1.37. The number of nitrogens with one attached hydrogen (secondary N) is 1. The van der Waals surface area contributed by atoms with Crippen LogP contribution in [0.4, 0.5) is 5.13 Å². The van der Waals surface area contributed by atoms with Crippen LogP contribution in [0.15, 0.2) is 5.38 Å². The molecule has 0 saturated heterocycles. The van der Waals surface area contributed by atoms with Crippen LogP contribution in [0.5, 0.6) is 0 Å². The van der Waals surface area contributed by atoms with E-state index in [0.717, 1.165) is 17.4 Å². The third kappa shape index (κ3) is 4.59. The maximum Gasteiger partial charge on any atom is 0.311 e. The second-order valence-electron chi connectivity index (χ2n) is 3.02. The van der Waals surface area contributed by atoms with Crippen LogP contribution < -0.4 is 5.32 Å². The first-order chi connectivity index (χ1) is 7.76. The highest BCUT2D eigenvalue weighted by atomic mass is 32.1. The number of rotatable bonds is 7. The Bertz CT molecular complexity index is 328. The van der Waals surface area contributed by atoms with Crippen LogP contribution in [0.3, 0.4) is 0 Å². The van der Waals surface area contributed by atoms with Crippen molar-refractivity contribution in [3.8, 4) is 0 Å². The lowest BCUT2D eigenvalue weighted by atomic mass is 10.3. The molecule has 0 bridgehead atoms. The molecule has 1 aromatic rings. The van der Waals surface area contributed by atoms with Crippen molar-refractivity contribution >= 4 is 22.4 Å². The van der Waals surface area contributed by atoms with Crippen LogP contribution in [0.1, 0.15) is 12.6 Å². The molecule has 0 fully saturated rings. The first kappa shape index (κ1) is 12.9. The summed E-state index contributed by atoms with van der Waals surface area (Å²) in [6.45, 7) is 4.05. The summed E-state index contributed by atoms with van der Waals surface area (Å²) in [5.74, 6) is -0.272. The molecule has 0 amide bonds. The van der Waals surface area contributed by atoms with Crippen molar-refractivity contribution in [2.75, 3.05) is 32.2 Å². The fraction of sp³-hybridized carbons (Fsp3) is 0.600. The van der Waals surface area contributed by atoms with Gasteiger partial charge in [0.15, 0.2) is 5.13 Å². The minimum absolute atomic E-state index is 0.222. The summed E-state index contributed by atoms with van der Waals surface area (Å²) in [5.41, 5.74) is 0.732. The van der Waals surface area contributed by atoms with Crippen LogP contribution in [0, 0.1) is 0 Å². The predicted octanol–water partition coefficient (Wildman–Crippen LogP) is 1.31. The van der Waals surface area contributed by atoms with Crippen molar-refractivity contribution < 1.29 is 14.3 Å². The second kappa shape index (κ2) is 7.19. The maximum absolute atomic E-state index is 11.0. The van der Waals surface area contributed by atoms with Gasteiger partial charge in [-0.1, -0.05) is 0 Å². The zero-order valence-corrected chi connectivity index (χ0v) is 10.3. The number of methoxy groups -OCH3 is 1. The minimum atomic E-state index is -0.272. The van der Waals surface area contributed by atoms with Gasteiger partial charge in [-0.25, -0.2) is 4.98 Å². The summed E-state index contributed by atoms with van der Waals surface area (Å²) in [4.78, 5) is 15.2. The molecule has 6 heteroatoms. The van der Waals surface area contributed by atoms with Crippen LogP contribution in [0.25, 0.3) is 0 Å². The van der Waals surface area contributed by atoms with Crippen molar-refractivity contribution in [3.05, 3.63) is 11.1 Å². The smallest absolute Gasteiger partial charge is 0.311 e. The summed E-state index contributed by atoms with van der Waals surface area (Å²) in [5, 5.41) is 5.77. The molecule has 1 N–H and O–H groups in total. The predicted molar refractivity (Wildman–Crippen MR) is 62.8 cm³/mol. The standard InChI is InChI=1S/C10H16N2O3S/c1-3-15-5-4-11-10-12-8(7-16-10)6-9(13)14-2/h7H,3-6H2,1-2H3,(H,11,12). The van der Waals surface area contributed by atoms with Crippen LogP contribution in [0.2, 0.25) is 0 Å². The van der Waals surface area contributed by atoms with Gasteiger partial charge in [0.25, 0.3) is 0 Å². The maximum atomic E-state index is 11.0. The van der Waals surface area contributed by atoms with Crippen molar-refractivity contribution in [2.45, 2.75) is 13.3 Å². The Kier molecular flexibility index (Phi) is 5.81. The van der Waals surface area contributed by atoms with Gasteiger partial charge in [0.1, 0.15) is 0 Å². The van der Waals surface area contributed by atoms with E-state index in [1.807, 2.05) is 12.3 Å². The number of aromatic nitrogens is 1. The van der Waals surface area contributed by atoms with Gasteiger partial charge < -0.3 is 14.8 Å². The first-order valence-electron chi connectivity index (χ1n) is 5.09. The van der Waals surface area contributed by atoms with Gasteiger partial charge >= 0.3 is 5.97 Å². The van der Waals surface area contributed by atoms with E-state index in [4.69, 9.17) is 4.74 Å². The average molecular weight is 244 g/mol. The number of carbonyl (C=O) groups excluding carboxylic acids is 1. The van der Waals surface area contributed by atoms with E-state index in [-0.39, 0.29) is 12.4 Å². The number of ether oxygens (including phenoxy) is 2. The molecule has 1 heterocycles. The van der Waals surface area contributed by atoms with E-state index < -0.39 is 0 Å². The Labute approximate surface area is 98.8 Å². The zero-order chi connectivity index (χ0) is 11.8. The van der Waals surface area contributed by atoms with Gasteiger partial charge in [-0.3, -0.25) is 4.79 Å². The van der Waals surface area contributed by atoms with E-state index >= 15 is 0 Å². The highest BCUT2D eigenvalue weighted by Gasteiger charge is 2.06. The van der Waals surface area contributed by atoms with Crippen LogP contribution in [-0.2, 0) is 20.7 Å². The summed E-state index contributed by atoms with van der Waals surface area (Å²) in [6.07, 6.45) is 0.222. The lowest BCUT2D eigenvalue weighted by molar-refractivity contribution is -0.139. The lowest BCUT2D eigenvalue weighted by Gasteiger charge is -2.01. The molecule has 1 aromatic heterocycles. The molecule has 1 rings (SSSR count). The Morgan fingerprint density at radius 1 is 1.62 bits per heavy atom. The van der Waals surface area contributed by atoms with Crippen molar-refractivity contribution in [1.82, 2.24) is 4.98 Å². The third-order valence-corrected chi connectivity index (χ3v) is 2.68. The number of nitrogens with zero attached hydrogens (tertiary/aromatic N) is 1. The average Bonchev–Trinajstić information content (AvgIpc) is 2.72. The highest BCUT2D eigenvalue weighted by Crippen LogP contribution is 2.15. The molecule has 0 aliphatic carbocycles. The second-order valence-corrected chi connectivity index (χ2v) is 3.88. The normalized spacial score (nSPS) is 10.1. The van der Waals surface area contributed by atoms with E-state index in [9.17, 15) is 4.79 Å². The van der Waals surface area contributed by atoms with Crippen LogP contribution >= 0.6 is 11.3 Å². The Balaban J connectivity index is 2.30. The Hall–Kier alpha value is -1.14. The molecule has 0 atom stereocenters. The number of carbonyl (C=O) groups is 1. The van der Waals surface area contributed by atoms with Gasteiger partial charge in [-0.15, -0.1) is 11.3 Å². The number of esters is 1. The van der Waals surface area contributed by atoms with Crippen molar-refractivity contribution in [2.24, 2.45) is 0 Å². The number of hydrogen-bond donors (Lipinski definition) is 1. The van der Waals surface area contributed by atoms with Gasteiger partial charge in [-0.05, 0) is 6.92 Å². The third-order valence-electron chi connectivity index (χ3n) is 1.83. The molecule has 5 nitrogen and oxygen atoms in total. The van der Waals surface area contributed by atoms with Gasteiger partial charge in [0.05, 0.1) is 25.8 Å². The fourth-order valence-electron chi connectivity index (χ4n) is 1.06. The molecule has 16 heavy (non-hydrogen) atoms. The Morgan fingerprint density at radius 3 is 3.12 bits per heavy atom. The monoisotopic (exact) mass is 244 g/mol. The molecule has 0 aliphatic rings. The van der Waals surface area contributed by atoms with E-state index in [1.165, 1.54) is 18.4 Å². The van der Waals surface area contributed by atoms with E-state index in [2.05, 4.69) is 15.0 Å². The lowest BCUT2D eigenvalue weighted by Crippen LogP contribution is -2.09. The molecule has 0 unspecified atom stereocenters. The molecule has 0 spiro atoms. The van der Waals surface area contributed by atoms with Crippen LogP contribution in [-0.4, -0.2) is 37.8 Å². The van der Waals surface area contributed by atoms with Gasteiger partial charge in [0.2, 0.25) is 0 Å². The summed E-state index contributed by atoms with van der Waals surface area (Å²) < 4.78 is 9.75. The van der Waals surface area contributed by atoms with Gasteiger partial charge in [-0.2, -0.15) is 0 Å². The SMILES string of the molecule is CCOCCNc1nc(CC(=O)OC)cs1. The molecular formula is C10H16N2O3S. The Morgan fingerprint density at radius 2 is 2.44 bits per heavy atom. The highest BCUT2D eigenvalue weighted by molar-refractivity contribution is 7.13. The fourth-order valence-corrected chi connectivity index (χ4v) is 1.80. The summed E-state index contributed by atoms with van der Waals surface area (Å²) in [6, 6.07) is 0. The molecule has 0 aromatic carbocycles. The topological polar surface area (TPSA) is 60.5 Å². The van der Waals surface area contributed by atoms with Crippen molar-refractivity contribution in [3.63, 3.8) is 0 Å². The molecule has 90 valence electrons. The van der Waals surface area contributed by atoms with E-state index in [0.29, 0.717) is 13.2 Å². The van der Waals surface area contributed by atoms with Crippen molar-refractivity contribution in [1.29, 1.82) is 0 Å². The van der Waals surface area contributed by atoms with E-state index in [1.54, 1.807) is 0 Å².